The Morgan fingerprint density at radius 3 is 2.80 bits per heavy atom. The fourth-order valence-electron chi connectivity index (χ4n) is 2.18. The van der Waals surface area contributed by atoms with Gasteiger partial charge in [0, 0.05) is 31.9 Å². The lowest BCUT2D eigenvalue weighted by molar-refractivity contribution is 0.0564. The van der Waals surface area contributed by atoms with Gasteiger partial charge >= 0.3 is 11.8 Å². The van der Waals surface area contributed by atoms with E-state index in [2.05, 4.69) is 5.32 Å². The third-order valence-electron chi connectivity index (χ3n) is 3.34. The molecular weight excluding hydrogens is 262 g/mol. The van der Waals surface area contributed by atoms with Crippen molar-refractivity contribution in [2.24, 2.45) is 7.05 Å². The number of urea groups is 1. The predicted molar refractivity (Wildman–Crippen MR) is 72.9 cm³/mol. The Morgan fingerprint density at radius 2 is 2.05 bits per heavy atom. The average Bonchev–Trinajstić information content (AvgIpc) is 2.74. The van der Waals surface area contributed by atoms with Crippen LogP contribution in [0, 0.1) is 0 Å². The topological polar surface area (TPSA) is 76.7 Å². The van der Waals surface area contributed by atoms with E-state index in [4.69, 9.17) is 9.15 Å². The minimum atomic E-state index is -0.420. The number of nitrogens with one attached hydrogen (secondary N) is 1. The number of rotatable bonds is 1. The van der Waals surface area contributed by atoms with Gasteiger partial charge in [0.05, 0.1) is 18.7 Å². The van der Waals surface area contributed by atoms with Gasteiger partial charge in [-0.25, -0.2) is 9.59 Å². The Morgan fingerprint density at radius 1 is 1.30 bits per heavy atom. The Kier molecular flexibility index (Phi) is 3.19. The maximum Gasteiger partial charge on any atom is 0.419 e. The second-order valence-corrected chi connectivity index (χ2v) is 4.64. The standard InChI is InChI=1S/C13H15N3O4/c1-15-10-3-2-9(8-11(10)20-13(15)18)14-12(17)16-4-6-19-7-5-16/h2-3,8H,4-7H2,1H3,(H,14,17). The Balaban J connectivity index is 1.80. The molecule has 2 amide bonds. The number of nitrogens with zero attached hydrogens (tertiary/aromatic N) is 2. The predicted octanol–water partition coefficient (Wildman–Crippen LogP) is 0.996. The van der Waals surface area contributed by atoms with Gasteiger partial charge in [-0.2, -0.15) is 0 Å². The van der Waals surface area contributed by atoms with Gasteiger partial charge in [0.25, 0.3) is 0 Å². The maximum atomic E-state index is 12.0. The van der Waals surface area contributed by atoms with Crippen molar-refractivity contribution in [3.8, 4) is 0 Å². The first-order valence-electron chi connectivity index (χ1n) is 6.38. The molecule has 0 atom stereocenters. The molecule has 2 heterocycles. The number of benzene rings is 1. The van der Waals surface area contributed by atoms with Crippen LogP contribution in [0.25, 0.3) is 11.1 Å². The molecule has 7 heteroatoms. The molecule has 20 heavy (non-hydrogen) atoms. The number of oxazole rings is 1. The highest BCUT2D eigenvalue weighted by Crippen LogP contribution is 2.18. The van der Waals surface area contributed by atoms with E-state index in [-0.39, 0.29) is 6.03 Å². The van der Waals surface area contributed by atoms with Gasteiger partial charge in [-0.3, -0.25) is 4.57 Å². The van der Waals surface area contributed by atoms with E-state index >= 15 is 0 Å². The second-order valence-electron chi connectivity index (χ2n) is 4.64. The van der Waals surface area contributed by atoms with Crippen molar-refractivity contribution in [1.29, 1.82) is 0 Å². The number of ether oxygens (including phenoxy) is 1. The lowest BCUT2D eigenvalue weighted by atomic mass is 10.3. The minimum absolute atomic E-state index is 0.175. The maximum absolute atomic E-state index is 12.0. The van der Waals surface area contributed by atoms with E-state index in [1.807, 2.05) is 0 Å². The molecule has 0 radical (unpaired) electrons. The number of hydrogen-bond donors (Lipinski definition) is 1. The van der Waals surface area contributed by atoms with Crippen LogP contribution in [0.15, 0.2) is 27.4 Å². The van der Waals surface area contributed by atoms with Crippen molar-refractivity contribution in [3.63, 3.8) is 0 Å². The summed E-state index contributed by atoms with van der Waals surface area (Å²) in [5.74, 6) is -0.420. The summed E-state index contributed by atoms with van der Waals surface area (Å²) in [5.41, 5.74) is 1.75. The molecule has 1 aromatic carbocycles. The quantitative estimate of drug-likeness (QED) is 0.843. The van der Waals surface area contributed by atoms with Crippen LogP contribution >= 0.6 is 0 Å². The van der Waals surface area contributed by atoms with Crippen LogP contribution < -0.4 is 11.1 Å². The van der Waals surface area contributed by atoms with Crippen molar-refractivity contribution in [2.45, 2.75) is 0 Å². The number of fused-ring (bicyclic) bond motifs is 1. The summed E-state index contributed by atoms with van der Waals surface area (Å²) < 4.78 is 11.7. The minimum Gasteiger partial charge on any atom is -0.408 e. The largest absolute Gasteiger partial charge is 0.419 e. The fourth-order valence-corrected chi connectivity index (χ4v) is 2.18. The van der Waals surface area contributed by atoms with Crippen molar-refractivity contribution >= 4 is 22.8 Å². The first-order valence-corrected chi connectivity index (χ1v) is 6.38. The van der Waals surface area contributed by atoms with Crippen molar-refractivity contribution in [2.75, 3.05) is 31.6 Å². The van der Waals surface area contributed by atoms with Gasteiger partial charge in [0.2, 0.25) is 0 Å². The van der Waals surface area contributed by atoms with E-state index in [9.17, 15) is 9.59 Å². The average molecular weight is 277 g/mol. The first-order chi connectivity index (χ1) is 9.65. The molecule has 0 saturated carbocycles. The third kappa shape index (κ3) is 2.27. The van der Waals surface area contributed by atoms with Crippen LogP contribution in [0.1, 0.15) is 0 Å². The summed E-state index contributed by atoms with van der Waals surface area (Å²) in [6.45, 7) is 2.27. The lowest BCUT2D eigenvalue weighted by Gasteiger charge is -2.26. The SMILES string of the molecule is Cn1c(=O)oc2cc(NC(=O)N3CCOCC3)ccc21. The molecule has 7 nitrogen and oxygen atoms in total. The highest BCUT2D eigenvalue weighted by molar-refractivity contribution is 5.91. The van der Waals surface area contributed by atoms with Gasteiger partial charge in [-0.05, 0) is 12.1 Å². The lowest BCUT2D eigenvalue weighted by Crippen LogP contribution is -2.43. The number of morpholine rings is 1. The molecule has 1 aromatic heterocycles. The molecule has 0 bridgehead atoms. The Bertz CT molecular complexity index is 697. The number of aromatic nitrogens is 1. The van der Waals surface area contributed by atoms with E-state index in [0.717, 1.165) is 0 Å². The van der Waals surface area contributed by atoms with Crippen LogP contribution in [0.5, 0.6) is 0 Å². The van der Waals surface area contributed by atoms with Crippen molar-refractivity contribution < 1.29 is 13.9 Å². The molecule has 1 aliphatic rings. The van der Waals surface area contributed by atoms with Gasteiger partial charge < -0.3 is 19.4 Å². The number of carbonyl (C=O) groups excluding carboxylic acids is 1. The van der Waals surface area contributed by atoms with Crippen LogP contribution in [0.2, 0.25) is 0 Å². The molecule has 0 aliphatic carbocycles. The summed E-state index contributed by atoms with van der Waals surface area (Å²) in [7, 11) is 1.64. The first kappa shape index (κ1) is 12.7. The molecule has 106 valence electrons. The molecule has 1 N–H and O–H groups in total. The molecule has 1 saturated heterocycles. The molecule has 1 fully saturated rings. The van der Waals surface area contributed by atoms with E-state index in [0.29, 0.717) is 43.1 Å². The number of amides is 2. The smallest absolute Gasteiger partial charge is 0.408 e. The highest BCUT2D eigenvalue weighted by atomic mass is 16.5. The highest BCUT2D eigenvalue weighted by Gasteiger charge is 2.17. The van der Waals surface area contributed by atoms with Crippen LogP contribution in [-0.4, -0.2) is 41.8 Å². The Hall–Kier alpha value is -2.28. The summed E-state index contributed by atoms with van der Waals surface area (Å²) in [6, 6.07) is 4.96. The van der Waals surface area contributed by atoms with Crippen LogP contribution in [0.4, 0.5) is 10.5 Å². The molecule has 0 spiro atoms. The molecule has 3 rings (SSSR count). The summed E-state index contributed by atoms with van der Waals surface area (Å²) >= 11 is 0. The molecule has 0 unspecified atom stereocenters. The monoisotopic (exact) mass is 277 g/mol. The molecule has 1 aliphatic heterocycles. The van der Waals surface area contributed by atoms with Crippen molar-refractivity contribution in [3.05, 3.63) is 28.7 Å². The molecular formula is C13H15N3O4. The Labute approximate surface area is 114 Å². The fraction of sp³-hybridized carbons (Fsp3) is 0.385. The number of anilines is 1. The van der Waals surface area contributed by atoms with Gasteiger partial charge in [0.15, 0.2) is 5.58 Å². The van der Waals surface area contributed by atoms with E-state index < -0.39 is 5.76 Å². The van der Waals surface area contributed by atoms with Gasteiger partial charge in [-0.1, -0.05) is 0 Å². The van der Waals surface area contributed by atoms with Gasteiger partial charge in [0.1, 0.15) is 0 Å². The third-order valence-corrected chi connectivity index (χ3v) is 3.34. The number of carbonyl (C=O) groups is 1. The van der Waals surface area contributed by atoms with Crippen LogP contribution in [-0.2, 0) is 11.8 Å². The zero-order chi connectivity index (χ0) is 14.1. The zero-order valence-electron chi connectivity index (χ0n) is 11.1. The van der Waals surface area contributed by atoms with Crippen LogP contribution in [0.3, 0.4) is 0 Å². The second kappa shape index (κ2) is 5.01. The number of aryl methyl sites for hydroxylation is 1. The van der Waals surface area contributed by atoms with E-state index in [1.54, 1.807) is 30.1 Å². The van der Waals surface area contributed by atoms with Gasteiger partial charge in [-0.15, -0.1) is 0 Å². The van der Waals surface area contributed by atoms with E-state index in [1.165, 1.54) is 4.57 Å². The summed E-state index contributed by atoms with van der Waals surface area (Å²) in [6.07, 6.45) is 0. The molecule has 2 aromatic rings. The van der Waals surface area contributed by atoms with Crippen molar-refractivity contribution in [1.82, 2.24) is 9.47 Å². The summed E-state index contributed by atoms with van der Waals surface area (Å²) in [4.78, 5) is 25.1. The number of hydrogen-bond acceptors (Lipinski definition) is 4. The zero-order valence-corrected chi connectivity index (χ0v) is 11.1. The summed E-state index contributed by atoms with van der Waals surface area (Å²) in [5, 5.41) is 2.79. The normalized spacial score (nSPS) is 15.6.